The fourth-order valence-electron chi connectivity index (χ4n) is 3.66. The van der Waals surface area contributed by atoms with Crippen molar-refractivity contribution in [1.82, 2.24) is 20.2 Å². The minimum Gasteiger partial charge on any atom is -0.363 e. The molecule has 1 aromatic heterocycles. The van der Waals surface area contributed by atoms with Crippen LogP contribution in [-0.4, -0.2) is 55.0 Å². The highest BCUT2D eigenvalue weighted by molar-refractivity contribution is 6.30. The van der Waals surface area contributed by atoms with Crippen molar-refractivity contribution < 1.29 is 4.79 Å². The molecule has 2 aromatic rings. The number of nitrogens with one attached hydrogen (secondary N) is 1. The lowest BCUT2D eigenvalue weighted by molar-refractivity contribution is -0.132. The fraction of sp³-hybridized carbons (Fsp3) is 0.500. The summed E-state index contributed by atoms with van der Waals surface area (Å²) >= 11 is 5.94. The number of rotatable bonds is 7. The standard InChI is InChI=1S/C22H30ClN5O/c1-24-14-19-13-20(27(2)3)26-22(25-19)17-5-4-12-28(15-17)21(29)11-8-16-6-9-18(23)10-7-16/h6-7,9-10,13,17,24H,4-5,8,11-12,14-15H2,1-3H3/t17-/m1/s1. The number of halogens is 1. The van der Waals surface area contributed by atoms with Crippen LogP contribution in [0.25, 0.3) is 0 Å². The largest absolute Gasteiger partial charge is 0.363 e. The van der Waals surface area contributed by atoms with E-state index in [-0.39, 0.29) is 11.8 Å². The van der Waals surface area contributed by atoms with E-state index in [2.05, 4.69) is 5.32 Å². The van der Waals surface area contributed by atoms with Crippen molar-refractivity contribution in [2.75, 3.05) is 39.1 Å². The monoisotopic (exact) mass is 415 g/mol. The zero-order chi connectivity index (χ0) is 20.8. The molecule has 1 N–H and O–H groups in total. The van der Waals surface area contributed by atoms with E-state index in [9.17, 15) is 4.79 Å². The van der Waals surface area contributed by atoms with Gasteiger partial charge in [0.1, 0.15) is 11.6 Å². The van der Waals surface area contributed by atoms with Gasteiger partial charge in [-0.05, 0) is 44.0 Å². The van der Waals surface area contributed by atoms with Gasteiger partial charge in [0.25, 0.3) is 0 Å². The molecule has 1 saturated heterocycles. The van der Waals surface area contributed by atoms with E-state index in [0.29, 0.717) is 19.5 Å². The Hall–Kier alpha value is -2.18. The lowest BCUT2D eigenvalue weighted by Gasteiger charge is -2.32. The van der Waals surface area contributed by atoms with Gasteiger partial charge in [0.05, 0.1) is 5.69 Å². The van der Waals surface area contributed by atoms with E-state index in [1.54, 1.807) is 0 Å². The first-order valence-corrected chi connectivity index (χ1v) is 10.6. The van der Waals surface area contributed by atoms with E-state index in [1.165, 1.54) is 0 Å². The summed E-state index contributed by atoms with van der Waals surface area (Å²) in [6, 6.07) is 9.72. The van der Waals surface area contributed by atoms with E-state index in [4.69, 9.17) is 21.6 Å². The molecule has 0 spiro atoms. The Morgan fingerprint density at radius 2 is 2.03 bits per heavy atom. The highest BCUT2D eigenvalue weighted by atomic mass is 35.5. The summed E-state index contributed by atoms with van der Waals surface area (Å²) in [7, 11) is 5.89. The summed E-state index contributed by atoms with van der Waals surface area (Å²) in [6.07, 6.45) is 3.24. The van der Waals surface area contributed by atoms with Crippen LogP contribution in [0.4, 0.5) is 5.82 Å². The molecule has 1 fully saturated rings. The topological polar surface area (TPSA) is 61.4 Å². The fourth-order valence-corrected chi connectivity index (χ4v) is 3.79. The van der Waals surface area contributed by atoms with Crippen LogP contribution in [0.2, 0.25) is 5.02 Å². The maximum Gasteiger partial charge on any atom is 0.222 e. The third kappa shape index (κ3) is 5.90. The van der Waals surface area contributed by atoms with Crippen LogP contribution in [0.1, 0.15) is 42.3 Å². The summed E-state index contributed by atoms with van der Waals surface area (Å²) in [6.45, 7) is 2.20. The normalized spacial score (nSPS) is 16.7. The van der Waals surface area contributed by atoms with Gasteiger partial charge in [-0.1, -0.05) is 23.7 Å². The van der Waals surface area contributed by atoms with Crippen molar-refractivity contribution >= 4 is 23.3 Å². The molecule has 6 nitrogen and oxygen atoms in total. The van der Waals surface area contributed by atoms with Crippen molar-refractivity contribution in [2.45, 2.75) is 38.1 Å². The lowest BCUT2D eigenvalue weighted by atomic mass is 9.96. The predicted octanol–water partition coefficient (Wildman–Crippen LogP) is 3.25. The molecule has 1 aromatic carbocycles. The van der Waals surface area contributed by atoms with Gasteiger partial charge >= 0.3 is 0 Å². The second kappa shape index (κ2) is 10.0. The number of carbonyl (C=O) groups is 1. The minimum atomic E-state index is 0.179. The Morgan fingerprint density at radius 3 is 2.72 bits per heavy atom. The molecule has 1 aliphatic heterocycles. The first kappa shape index (κ1) is 21.5. The number of benzene rings is 1. The van der Waals surface area contributed by atoms with Gasteiger partial charge in [-0.2, -0.15) is 0 Å². The lowest BCUT2D eigenvalue weighted by Crippen LogP contribution is -2.39. The zero-order valence-electron chi connectivity index (χ0n) is 17.5. The van der Waals surface area contributed by atoms with Gasteiger partial charge in [-0.3, -0.25) is 4.79 Å². The molecule has 0 bridgehead atoms. The second-order valence-electron chi connectivity index (χ2n) is 7.81. The third-order valence-electron chi connectivity index (χ3n) is 5.28. The number of likely N-dealkylation sites (tertiary alicyclic amines) is 1. The first-order chi connectivity index (χ1) is 14.0. The van der Waals surface area contributed by atoms with Crippen LogP contribution in [0, 0.1) is 0 Å². The smallest absolute Gasteiger partial charge is 0.222 e. The van der Waals surface area contributed by atoms with Crippen LogP contribution < -0.4 is 10.2 Å². The van der Waals surface area contributed by atoms with Gasteiger partial charge in [0, 0.05) is 57.2 Å². The first-order valence-electron chi connectivity index (χ1n) is 10.2. The number of piperidine rings is 1. The van der Waals surface area contributed by atoms with Crippen molar-refractivity contribution in [3.8, 4) is 0 Å². The van der Waals surface area contributed by atoms with Gasteiger partial charge in [-0.15, -0.1) is 0 Å². The van der Waals surface area contributed by atoms with E-state index in [0.717, 1.165) is 53.7 Å². The van der Waals surface area contributed by atoms with Crippen LogP contribution in [0.15, 0.2) is 30.3 Å². The highest BCUT2D eigenvalue weighted by Crippen LogP contribution is 2.27. The average Bonchev–Trinajstić information content (AvgIpc) is 2.73. The number of anilines is 1. The second-order valence-corrected chi connectivity index (χ2v) is 8.24. The predicted molar refractivity (Wildman–Crippen MR) is 117 cm³/mol. The SMILES string of the molecule is CNCc1cc(N(C)C)nc([C@@H]2CCCN(C(=O)CCc3ccc(Cl)cc3)C2)n1. The molecule has 7 heteroatoms. The van der Waals surface area contributed by atoms with Gasteiger partial charge in [0.15, 0.2) is 0 Å². The minimum absolute atomic E-state index is 0.179. The van der Waals surface area contributed by atoms with E-state index >= 15 is 0 Å². The molecule has 2 heterocycles. The van der Waals surface area contributed by atoms with Crippen LogP contribution in [0.3, 0.4) is 0 Å². The molecule has 0 radical (unpaired) electrons. The summed E-state index contributed by atoms with van der Waals surface area (Å²) in [5, 5.41) is 3.88. The zero-order valence-corrected chi connectivity index (χ0v) is 18.2. The molecule has 0 saturated carbocycles. The molecule has 1 amide bonds. The van der Waals surface area contributed by atoms with Crippen molar-refractivity contribution in [1.29, 1.82) is 0 Å². The number of hydrogen-bond donors (Lipinski definition) is 1. The highest BCUT2D eigenvalue weighted by Gasteiger charge is 2.27. The van der Waals surface area contributed by atoms with Crippen molar-refractivity contribution in [3.63, 3.8) is 0 Å². The summed E-state index contributed by atoms with van der Waals surface area (Å²) in [5.74, 6) is 2.13. The number of aromatic nitrogens is 2. The summed E-state index contributed by atoms with van der Waals surface area (Å²) in [5.41, 5.74) is 2.11. The van der Waals surface area contributed by atoms with Crippen LogP contribution in [0.5, 0.6) is 0 Å². The quantitative estimate of drug-likeness (QED) is 0.752. The maximum absolute atomic E-state index is 12.8. The van der Waals surface area contributed by atoms with E-state index in [1.807, 2.05) is 61.3 Å². The Bertz CT molecular complexity index is 824. The summed E-state index contributed by atoms with van der Waals surface area (Å²) in [4.78, 5) is 26.3. The number of carbonyl (C=O) groups excluding carboxylic acids is 1. The Labute approximate surface area is 178 Å². The maximum atomic E-state index is 12.8. The molecular formula is C22H30ClN5O. The Balaban J connectivity index is 1.66. The molecule has 1 aliphatic rings. The molecule has 0 unspecified atom stereocenters. The van der Waals surface area contributed by atoms with Gasteiger partial charge < -0.3 is 15.1 Å². The number of hydrogen-bond acceptors (Lipinski definition) is 5. The number of amides is 1. The average molecular weight is 416 g/mol. The van der Waals surface area contributed by atoms with Gasteiger partial charge in [0.2, 0.25) is 5.91 Å². The summed E-state index contributed by atoms with van der Waals surface area (Å²) < 4.78 is 0. The van der Waals surface area contributed by atoms with Gasteiger partial charge in [-0.25, -0.2) is 9.97 Å². The van der Waals surface area contributed by atoms with Crippen LogP contribution in [-0.2, 0) is 17.8 Å². The van der Waals surface area contributed by atoms with Crippen molar-refractivity contribution in [2.24, 2.45) is 0 Å². The third-order valence-corrected chi connectivity index (χ3v) is 5.53. The van der Waals surface area contributed by atoms with Crippen molar-refractivity contribution in [3.05, 3.63) is 52.4 Å². The van der Waals surface area contributed by atoms with E-state index < -0.39 is 0 Å². The Kier molecular flexibility index (Phi) is 7.45. The molecule has 156 valence electrons. The molecule has 3 rings (SSSR count). The molecular weight excluding hydrogens is 386 g/mol. The molecule has 0 aliphatic carbocycles. The number of aryl methyl sites for hydroxylation is 1. The molecule has 1 atom stereocenters. The van der Waals surface area contributed by atoms with Crippen LogP contribution >= 0.6 is 11.6 Å². The molecule has 29 heavy (non-hydrogen) atoms. The Morgan fingerprint density at radius 1 is 1.28 bits per heavy atom. The number of nitrogens with zero attached hydrogens (tertiary/aromatic N) is 4.